The van der Waals surface area contributed by atoms with Crippen LogP contribution in [0.3, 0.4) is 0 Å². The maximum absolute atomic E-state index is 12.1. The molecule has 0 aliphatic carbocycles. The van der Waals surface area contributed by atoms with Gasteiger partial charge in [0.2, 0.25) is 0 Å². The van der Waals surface area contributed by atoms with Crippen LogP contribution in [0.5, 0.6) is 0 Å². The number of thiophene rings is 1. The summed E-state index contributed by atoms with van der Waals surface area (Å²) in [6.07, 6.45) is 0. The van der Waals surface area contributed by atoms with Gasteiger partial charge in [0, 0.05) is 37.1 Å². The lowest BCUT2D eigenvalue weighted by Crippen LogP contribution is -2.52. The van der Waals surface area contributed by atoms with Crippen LogP contribution in [0.2, 0.25) is 0 Å². The third-order valence-corrected chi connectivity index (χ3v) is 3.65. The molecule has 1 N–H and O–H groups in total. The highest BCUT2D eigenvalue weighted by atomic mass is 35.5. The lowest BCUT2D eigenvalue weighted by Gasteiger charge is -2.33. The molecule has 0 bridgehead atoms. The molecular formula is C10H14ClN3O3S. The molecule has 18 heavy (non-hydrogen) atoms. The van der Waals surface area contributed by atoms with Crippen LogP contribution < -0.4 is 5.32 Å². The number of rotatable bonds is 2. The summed E-state index contributed by atoms with van der Waals surface area (Å²) in [4.78, 5) is 24.0. The van der Waals surface area contributed by atoms with Gasteiger partial charge in [-0.3, -0.25) is 14.9 Å². The van der Waals surface area contributed by atoms with E-state index < -0.39 is 4.92 Å². The number of hydrogen-bond donors (Lipinski definition) is 1. The molecule has 1 atom stereocenters. The van der Waals surface area contributed by atoms with E-state index in [0.29, 0.717) is 12.1 Å². The minimum Gasteiger partial charge on any atom is -0.333 e. The van der Waals surface area contributed by atoms with Crippen molar-refractivity contribution >= 4 is 34.7 Å². The van der Waals surface area contributed by atoms with E-state index in [1.54, 1.807) is 10.3 Å². The largest absolute Gasteiger partial charge is 0.333 e. The van der Waals surface area contributed by atoms with Gasteiger partial charge in [-0.25, -0.2) is 0 Å². The van der Waals surface area contributed by atoms with Crippen LogP contribution in [0, 0.1) is 10.1 Å². The Bertz CT molecular complexity index is 451. The maximum atomic E-state index is 12.1. The van der Waals surface area contributed by atoms with E-state index in [1.165, 1.54) is 6.07 Å². The van der Waals surface area contributed by atoms with Crippen molar-refractivity contribution in [1.82, 2.24) is 10.2 Å². The van der Waals surface area contributed by atoms with Gasteiger partial charge in [-0.1, -0.05) is 11.3 Å². The second-order valence-corrected chi connectivity index (χ2v) is 4.87. The average molecular weight is 292 g/mol. The van der Waals surface area contributed by atoms with Gasteiger partial charge in [0.25, 0.3) is 5.91 Å². The Hall–Kier alpha value is -1.18. The van der Waals surface area contributed by atoms with Crippen LogP contribution in [-0.2, 0) is 0 Å². The number of piperazine rings is 1. The lowest BCUT2D eigenvalue weighted by molar-refractivity contribution is -0.380. The van der Waals surface area contributed by atoms with Crippen LogP contribution in [0.1, 0.15) is 17.3 Å². The third-order valence-electron chi connectivity index (χ3n) is 2.77. The lowest BCUT2D eigenvalue weighted by atomic mass is 10.2. The number of carbonyl (C=O) groups excluding carboxylic acids is 1. The van der Waals surface area contributed by atoms with Gasteiger partial charge in [0.1, 0.15) is 0 Å². The molecule has 8 heteroatoms. The maximum Gasteiger partial charge on any atom is 0.324 e. The summed E-state index contributed by atoms with van der Waals surface area (Å²) in [6.45, 7) is 4.13. The van der Waals surface area contributed by atoms with Gasteiger partial charge in [-0.05, 0) is 6.92 Å². The van der Waals surface area contributed by atoms with E-state index in [9.17, 15) is 14.9 Å². The van der Waals surface area contributed by atoms with Gasteiger partial charge in [0.05, 0.1) is 10.5 Å². The minimum atomic E-state index is -0.470. The predicted molar refractivity (Wildman–Crippen MR) is 71.6 cm³/mol. The van der Waals surface area contributed by atoms with Crippen LogP contribution in [0.25, 0.3) is 0 Å². The van der Waals surface area contributed by atoms with Gasteiger partial charge >= 0.3 is 5.00 Å². The first-order valence-electron chi connectivity index (χ1n) is 5.34. The van der Waals surface area contributed by atoms with E-state index in [-0.39, 0.29) is 29.4 Å². The number of halogens is 1. The Balaban J connectivity index is 0.00000162. The molecule has 0 unspecified atom stereocenters. The van der Waals surface area contributed by atoms with Crippen molar-refractivity contribution in [2.45, 2.75) is 13.0 Å². The monoisotopic (exact) mass is 291 g/mol. The highest BCUT2D eigenvalue weighted by Gasteiger charge is 2.25. The molecule has 1 amide bonds. The van der Waals surface area contributed by atoms with Gasteiger partial charge < -0.3 is 10.2 Å². The van der Waals surface area contributed by atoms with E-state index in [4.69, 9.17) is 0 Å². The van der Waals surface area contributed by atoms with E-state index in [1.807, 2.05) is 6.92 Å². The number of hydrogen-bond acceptors (Lipinski definition) is 5. The summed E-state index contributed by atoms with van der Waals surface area (Å²) < 4.78 is 0. The van der Waals surface area contributed by atoms with Crippen molar-refractivity contribution in [1.29, 1.82) is 0 Å². The first-order chi connectivity index (χ1) is 8.09. The zero-order valence-corrected chi connectivity index (χ0v) is 11.4. The SMILES string of the molecule is C[C@H]1CNCCN1C(=O)c1csc([N+](=O)[O-])c1.Cl. The molecule has 0 aromatic carbocycles. The van der Waals surface area contributed by atoms with Gasteiger partial charge in [0.15, 0.2) is 0 Å². The second-order valence-electron chi connectivity index (χ2n) is 3.98. The van der Waals surface area contributed by atoms with Crippen LogP contribution in [-0.4, -0.2) is 41.4 Å². The highest BCUT2D eigenvalue weighted by molar-refractivity contribution is 7.13. The van der Waals surface area contributed by atoms with Crippen molar-refractivity contribution in [3.05, 3.63) is 27.1 Å². The summed E-state index contributed by atoms with van der Waals surface area (Å²) >= 11 is 0.989. The van der Waals surface area contributed by atoms with Crippen LogP contribution >= 0.6 is 23.7 Å². The number of nitrogens with one attached hydrogen (secondary N) is 1. The molecule has 0 radical (unpaired) electrons. The summed E-state index contributed by atoms with van der Waals surface area (Å²) in [5.41, 5.74) is 0.412. The molecule has 1 fully saturated rings. The van der Waals surface area contributed by atoms with Crippen molar-refractivity contribution in [2.24, 2.45) is 0 Å². The molecule has 6 nitrogen and oxygen atoms in total. The fourth-order valence-corrected chi connectivity index (χ4v) is 2.54. The van der Waals surface area contributed by atoms with E-state index >= 15 is 0 Å². The predicted octanol–water partition coefficient (Wildman–Crippen LogP) is 1.51. The van der Waals surface area contributed by atoms with Crippen molar-refractivity contribution < 1.29 is 9.72 Å². The molecular weight excluding hydrogens is 278 g/mol. The van der Waals surface area contributed by atoms with Crippen molar-refractivity contribution in [3.8, 4) is 0 Å². The molecule has 1 aromatic heterocycles. The molecule has 0 spiro atoms. The normalized spacial score (nSPS) is 19.2. The highest BCUT2D eigenvalue weighted by Crippen LogP contribution is 2.24. The molecule has 2 rings (SSSR count). The number of nitrogens with zero attached hydrogens (tertiary/aromatic N) is 2. The molecule has 0 saturated carbocycles. The number of amides is 1. The first-order valence-corrected chi connectivity index (χ1v) is 6.22. The van der Waals surface area contributed by atoms with Crippen molar-refractivity contribution in [3.63, 3.8) is 0 Å². The Morgan fingerprint density at radius 1 is 1.67 bits per heavy atom. The van der Waals surface area contributed by atoms with Crippen LogP contribution in [0.4, 0.5) is 5.00 Å². The fourth-order valence-electron chi connectivity index (χ4n) is 1.84. The summed E-state index contributed by atoms with van der Waals surface area (Å²) in [5, 5.41) is 15.3. The standard InChI is InChI=1S/C10H13N3O3S.ClH/c1-7-5-11-2-3-12(7)10(14)8-4-9(13(15)16)17-6-8;/h4,6-7,11H,2-3,5H2,1H3;1H/t7-;/m0./s1. The zero-order chi connectivity index (χ0) is 12.4. The minimum absolute atomic E-state index is 0. The van der Waals surface area contributed by atoms with E-state index in [2.05, 4.69) is 5.32 Å². The fraction of sp³-hybridized carbons (Fsp3) is 0.500. The zero-order valence-electron chi connectivity index (χ0n) is 9.79. The Kier molecular flexibility index (Phi) is 5.06. The number of carbonyl (C=O) groups is 1. The van der Waals surface area contributed by atoms with Crippen LogP contribution in [0.15, 0.2) is 11.4 Å². The molecule has 100 valence electrons. The van der Waals surface area contributed by atoms with Gasteiger partial charge in [-0.15, -0.1) is 12.4 Å². The smallest absolute Gasteiger partial charge is 0.324 e. The molecule has 1 aliphatic heterocycles. The topological polar surface area (TPSA) is 75.5 Å². The molecule has 1 saturated heterocycles. The quantitative estimate of drug-likeness (QED) is 0.662. The Morgan fingerprint density at radius 2 is 2.39 bits per heavy atom. The summed E-state index contributed by atoms with van der Waals surface area (Å²) in [6, 6.07) is 1.47. The molecule has 1 aromatic rings. The summed E-state index contributed by atoms with van der Waals surface area (Å²) in [5.74, 6) is -0.122. The van der Waals surface area contributed by atoms with E-state index in [0.717, 1.165) is 24.4 Å². The Morgan fingerprint density at radius 3 is 2.94 bits per heavy atom. The molecule has 1 aliphatic rings. The van der Waals surface area contributed by atoms with Crippen molar-refractivity contribution in [2.75, 3.05) is 19.6 Å². The Labute approximate surface area is 115 Å². The summed E-state index contributed by atoms with van der Waals surface area (Å²) in [7, 11) is 0. The molecule has 2 heterocycles. The second kappa shape index (κ2) is 6.12. The number of nitro groups is 1. The third kappa shape index (κ3) is 2.98. The first kappa shape index (κ1) is 14.9. The van der Waals surface area contributed by atoms with Gasteiger partial charge in [-0.2, -0.15) is 0 Å². The average Bonchev–Trinajstić information content (AvgIpc) is 2.78.